The summed E-state index contributed by atoms with van der Waals surface area (Å²) >= 11 is 4.84. The lowest BCUT2D eigenvalue weighted by molar-refractivity contribution is -0.0327. The largest absolute Gasteiger partial charge is 0.389 e. The first-order valence-electron chi connectivity index (χ1n) is 6.52. The number of ether oxygens (including phenoxy) is 1. The van der Waals surface area contributed by atoms with Crippen molar-refractivity contribution in [2.45, 2.75) is 26.0 Å². The summed E-state index contributed by atoms with van der Waals surface area (Å²) in [5.74, 6) is -0.246. The fraction of sp³-hybridized carbons (Fsp3) is 0.500. The first-order chi connectivity index (χ1) is 9.10. The van der Waals surface area contributed by atoms with Crippen molar-refractivity contribution in [2.24, 2.45) is 5.73 Å². The molecule has 0 spiro atoms. The zero-order valence-electron chi connectivity index (χ0n) is 11.1. The van der Waals surface area contributed by atoms with E-state index in [0.717, 1.165) is 19.5 Å². The van der Waals surface area contributed by atoms with Gasteiger partial charge in [-0.15, -0.1) is 0 Å². The van der Waals surface area contributed by atoms with Gasteiger partial charge in [0.05, 0.1) is 12.7 Å². The second-order valence-electron chi connectivity index (χ2n) is 4.81. The Morgan fingerprint density at radius 1 is 1.58 bits per heavy atom. The van der Waals surface area contributed by atoms with Crippen molar-refractivity contribution < 1.29 is 9.13 Å². The summed E-state index contributed by atoms with van der Waals surface area (Å²) in [6.45, 7) is 5.11. The number of morpholine rings is 1. The summed E-state index contributed by atoms with van der Waals surface area (Å²) < 4.78 is 19.6. The van der Waals surface area contributed by atoms with Gasteiger partial charge in [0.1, 0.15) is 10.8 Å². The SMILES string of the molecule is CCC1CN(Cc2ccc(C(N)=S)cc2F)CCO1. The minimum absolute atomic E-state index is 0.225. The Labute approximate surface area is 118 Å². The van der Waals surface area contributed by atoms with Crippen molar-refractivity contribution >= 4 is 17.2 Å². The molecule has 19 heavy (non-hydrogen) atoms. The smallest absolute Gasteiger partial charge is 0.128 e. The Morgan fingerprint density at radius 3 is 3.00 bits per heavy atom. The first kappa shape index (κ1) is 14.4. The number of nitrogens with zero attached hydrogens (tertiary/aromatic N) is 1. The molecule has 104 valence electrons. The van der Waals surface area contributed by atoms with E-state index in [2.05, 4.69) is 11.8 Å². The van der Waals surface area contributed by atoms with Crippen LogP contribution in [0.5, 0.6) is 0 Å². The average molecular weight is 282 g/mol. The maximum Gasteiger partial charge on any atom is 0.128 e. The van der Waals surface area contributed by atoms with E-state index in [0.29, 0.717) is 24.3 Å². The van der Waals surface area contributed by atoms with E-state index >= 15 is 0 Å². The molecule has 0 aromatic heterocycles. The molecular formula is C14H19FN2OS. The fourth-order valence-electron chi connectivity index (χ4n) is 2.24. The highest BCUT2D eigenvalue weighted by molar-refractivity contribution is 7.80. The molecule has 1 fully saturated rings. The van der Waals surface area contributed by atoms with Crippen LogP contribution in [0.15, 0.2) is 18.2 Å². The number of hydrogen-bond donors (Lipinski definition) is 1. The zero-order valence-corrected chi connectivity index (χ0v) is 11.9. The van der Waals surface area contributed by atoms with Crippen molar-refractivity contribution in [3.05, 3.63) is 35.1 Å². The molecule has 1 unspecified atom stereocenters. The van der Waals surface area contributed by atoms with Crippen LogP contribution in [0.4, 0.5) is 4.39 Å². The third-order valence-corrected chi connectivity index (χ3v) is 3.65. The van der Waals surface area contributed by atoms with Gasteiger partial charge in [-0.2, -0.15) is 0 Å². The monoisotopic (exact) mass is 282 g/mol. The molecule has 5 heteroatoms. The van der Waals surface area contributed by atoms with Crippen LogP contribution in [-0.2, 0) is 11.3 Å². The highest BCUT2D eigenvalue weighted by atomic mass is 32.1. The molecule has 1 aromatic carbocycles. The second-order valence-corrected chi connectivity index (χ2v) is 5.25. The Bertz CT molecular complexity index is 467. The minimum Gasteiger partial charge on any atom is -0.389 e. The maximum absolute atomic E-state index is 14.0. The topological polar surface area (TPSA) is 38.5 Å². The molecule has 1 heterocycles. The van der Waals surface area contributed by atoms with Gasteiger partial charge in [0.15, 0.2) is 0 Å². The lowest BCUT2D eigenvalue weighted by atomic mass is 10.1. The zero-order chi connectivity index (χ0) is 13.8. The Kier molecular flexibility index (Phi) is 4.85. The molecule has 1 aromatic rings. The second kappa shape index (κ2) is 6.41. The summed E-state index contributed by atoms with van der Waals surface area (Å²) in [6.07, 6.45) is 1.24. The quantitative estimate of drug-likeness (QED) is 0.858. The molecule has 0 aliphatic carbocycles. The van der Waals surface area contributed by atoms with Crippen LogP contribution in [0.1, 0.15) is 24.5 Å². The highest BCUT2D eigenvalue weighted by Gasteiger charge is 2.19. The van der Waals surface area contributed by atoms with Crippen LogP contribution in [0.25, 0.3) is 0 Å². The molecule has 0 amide bonds. The molecule has 1 aliphatic heterocycles. The van der Waals surface area contributed by atoms with Crippen molar-refractivity contribution in [3.8, 4) is 0 Å². The minimum atomic E-state index is -0.246. The lowest BCUT2D eigenvalue weighted by Crippen LogP contribution is -2.41. The van der Waals surface area contributed by atoms with E-state index in [1.165, 1.54) is 6.07 Å². The molecule has 2 N–H and O–H groups in total. The average Bonchev–Trinajstić information content (AvgIpc) is 2.41. The van der Waals surface area contributed by atoms with Crippen molar-refractivity contribution in [3.63, 3.8) is 0 Å². The Balaban J connectivity index is 2.04. The van der Waals surface area contributed by atoms with Gasteiger partial charge in [0, 0.05) is 30.8 Å². The summed E-state index contributed by atoms with van der Waals surface area (Å²) in [6, 6.07) is 4.95. The van der Waals surface area contributed by atoms with E-state index in [4.69, 9.17) is 22.7 Å². The van der Waals surface area contributed by atoms with E-state index in [9.17, 15) is 4.39 Å². The normalized spacial score (nSPS) is 20.4. The summed E-state index contributed by atoms with van der Waals surface area (Å²) in [4.78, 5) is 2.44. The molecule has 0 bridgehead atoms. The van der Waals surface area contributed by atoms with Crippen LogP contribution in [-0.4, -0.2) is 35.7 Å². The fourth-order valence-corrected chi connectivity index (χ4v) is 2.37. The van der Waals surface area contributed by atoms with Gasteiger partial charge in [0.2, 0.25) is 0 Å². The number of hydrogen-bond acceptors (Lipinski definition) is 3. The van der Waals surface area contributed by atoms with Gasteiger partial charge >= 0.3 is 0 Å². The summed E-state index contributed by atoms with van der Waals surface area (Å²) in [5.41, 5.74) is 6.74. The Morgan fingerprint density at radius 2 is 2.37 bits per heavy atom. The third-order valence-electron chi connectivity index (χ3n) is 3.41. The number of benzene rings is 1. The predicted octanol–water partition coefficient (Wildman–Crippen LogP) is 2.07. The van der Waals surface area contributed by atoms with Crippen LogP contribution in [0, 0.1) is 5.82 Å². The molecule has 3 nitrogen and oxygen atoms in total. The standard InChI is InChI=1S/C14H19FN2OS/c1-2-12-9-17(5-6-18-12)8-11-4-3-10(14(16)19)7-13(11)15/h3-4,7,12H,2,5-6,8-9H2,1H3,(H2,16,19). The van der Waals surface area contributed by atoms with E-state index in [-0.39, 0.29) is 16.9 Å². The lowest BCUT2D eigenvalue weighted by Gasteiger charge is -2.32. The first-order valence-corrected chi connectivity index (χ1v) is 6.93. The number of rotatable bonds is 4. The van der Waals surface area contributed by atoms with Gasteiger partial charge < -0.3 is 10.5 Å². The molecule has 0 saturated carbocycles. The van der Waals surface area contributed by atoms with Crippen molar-refractivity contribution in [1.29, 1.82) is 0 Å². The van der Waals surface area contributed by atoms with Gasteiger partial charge in [-0.25, -0.2) is 4.39 Å². The molecule has 1 saturated heterocycles. The molecular weight excluding hydrogens is 263 g/mol. The van der Waals surface area contributed by atoms with Gasteiger partial charge in [-0.1, -0.05) is 31.3 Å². The van der Waals surface area contributed by atoms with Crippen LogP contribution < -0.4 is 5.73 Å². The molecule has 2 rings (SSSR count). The van der Waals surface area contributed by atoms with Crippen molar-refractivity contribution in [1.82, 2.24) is 4.90 Å². The third kappa shape index (κ3) is 3.72. The van der Waals surface area contributed by atoms with Crippen molar-refractivity contribution in [2.75, 3.05) is 19.7 Å². The summed E-state index contributed by atoms with van der Waals surface area (Å²) in [5, 5.41) is 0. The van der Waals surface area contributed by atoms with E-state index < -0.39 is 0 Å². The molecule has 0 radical (unpaired) electrons. The number of halogens is 1. The maximum atomic E-state index is 14.0. The Hall–Kier alpha value is -1.04. The molecule has 1 aliphatic rings. The van der Waals surface area contributed by atoms with Gasteiger partial charge in [0.25, 0.3) is 0 Å². The van der Waals surface area contributed by atoms with Gasteiger partial charge in [-0.3, -0.25) is 4.90 Å². The van der Waals surface area contributed by atoms with Crippen LogP contribution >= 0.6 is 12.2 Å². The van der Waals surface area contributed by atoms with Crippen LogP contribution in [0.2, 0.25) is 0 Å². The summed E-state index contributed by atoms with van der Waals surface area (Å²) in [7, 11) is 0. The van der Waals surface area contributed by atoms with E-state index in [1.807, 2.05) is 0 Å². The highest BCUT2D eigenvalue weighted by Crippen LogP contribution is 2.16. The van der Waals surface area contributed by atoms with E-state index in [1.54, 1.807) is 12.1 Å². The molecule has 1 atom stereocenters. The van der Waals surface area contributed by atoms with Gasteiger partial charge in [-0.05, 0) is 12.5 Å². The number of thiocarbonyl (C=S) groups is 1. The number of nitrogens with two attached hydrogens (primary N) is 1. The predicted molar refractivity (Wildman–Crippen MR) is 77.6 cm³/mol. The van der Waals surface area contributed by atoms with Crippen LogP contribution in [0.3, 0.4) is 0 Å².